The summed E-state index contributed by atoms with van der Waals surface area (Å²) in [5, 5.41) is 11.4. The van der Waals surface area contributed by atoms with Crippen molar-refractivity contribution in [3.05, 3.63) is 23.2 Å². The largest absolute Gasteiger partial charge is 0.481 e. The van der Waals surface area contributed by atoms with E-state index in [2.05, 4.69) is 5.32 Å². The second-order valence-corrected chi connectivity index (χ2v) is 5.08. The summed E-state index contributed by atoms with van der Waals surface area (Å²) >= 11 is 0. The highest BCUT2D eigenvalue weighted by atomic mass is 16.4. The maximum atomic E-state index is 11.9. The molecule has 0 saturated heterocycles. The Morgan fingerprint density at radius 1 is 1.14 bits per heavy atom. The predicted molar refractivity (Wildman–Crippen MR) is 80.5 cm³/mol. The summed E-state index contributed by atoms with van der Waals surface area (Å²) in [6, 6.07) is 1.82. The molecule has 0 fully saturated rings. The molecule has 0 radical (unpaired) electrons. The summed E-state index contributed by atoms with van der Waals surface area (Å²) in [6.45, 7) is 4.65. The first-order chi connectivity index (χ1) is 10.1. The van der Waals surface area contributed by atoms with Gasteiger partial charge in [-0.3, -0.25) is 9.59 Å². The zero-order valence-electron chi connectivity index (χ0n) is 12.9. The van der Waals surface area contributed by atoms with E-state index < -0.39 is 5.97 Å². The van der Waals surface area contributed by atoms with Gasteiger partial charge in [-0.15, -0.1) is 0 Å². The van der Waals surface area contributed by atoms with E-state index in [0.717, 1.165) is 43.4 Å². The smallest absolute Gasteiger partial charge is 0.303 e. The molecule has 1 amide bonds. The average Bonchev–Trinajstić information content (AvgIpc) is 2.89. The third-order valence-electron chi connectivity index (χ3n) is 3.43. The molecule has 0 atom stereocenters. The van der Waals surface area contributed by atoms with Crippen LogP contribution in [0.1, 0.15) is 67.8 Å². The number of amides is 1. The minimum atomic E-state index is -0.750. The average molecular weight is 295 g/mol. The molecular formula is C16H25NO4. The van der Waals surface area contributed by atoms with E-state index in [9.17, 15) is 9.59 Å². The summed E-state index contributed by atoms with van der Waals surface area (Å²) < 4.78 is 5.56. The number of rotatable bonds is 10. The van der Waals surface area contributed by atoms with Crippen molar-refractivity contribution < 1.29 is 19.1 Å². The normalized spacial score (nSPS) is 10.6. The minimum absolute atomic E-state index is 0.171. The Bertz CT molecular complexity index is 443. The third kappa shape index (κ3) is 6.02. The van der Waals surface area contributed by atoms with Crippen molar-refractivity contribution in [2.75, 3.05) is 6.54 Å². The monoisotopic (exact) mass is 295 g/mol. The third-order valence-corrected chi connectivity index (χ3v) is 3.43. The fourth-order valence-electron chi connectivity index (χ4n) is 2.22. The number of aryl methyl sites for hydroxylation is 2. The van der Waals surface area contributed by atoms with Crippen molar-refractivity contribution >= 4 is 11.9 Å². The molecule has 0 bridgehead atoms. The zero-order valence-corrected chi connectivity index (χ0v) is 12.9. The number of hydrogen-bond donors (Lipinski definition) is 2. The SMILES string of the molecule is CCc1cc(C(=O)NCCCCCCC(=O)O)oc1CC. The highest BCUT2D eigenvalue weighted by Gasteiger charge is 2.14. The lowest BCUT2D eigenvalue weighted by Crippen LogP contribution is -2.23. The number of aliphatic carboxylic acids is 1. The molecule has 0 aliphatic carbocycles. The van der Waals surface area contributed by atoms with E-state index >= 15 is 0 Å². The molecule has 2 N–H and O–H groups in total. The van der Waals surface area contributed by atoms with Crippen LogP contribution in [0.2, 0.25) is 0 Å². The van der Waals surface area contributed by atoms with Crippen molar-refractivity contribution in [2.24, 2.45) is 0 Å². The van der Waals surface area contributed by atoms with Crippen molar-refractivity contribution in [1.82, 2.24) is 5.32 Å². The van der Waals surface area contributed by atoms with Gasteiger partial charge >= 0.3 is 5.97 Å². The van der Waals surface area contributed by atoms with E-state index in [4.69, 9.17) is 9.52 Å². The van der Waals surface area contributed by atoms with E-state index in [1.807, 2.05) is 19.9 Å². The Kier molecular flexibility index (Phi) is 7.58. The van der Waals surface area contributed by atoms with Crippen LogP contribution in [0.3, 0.4) is 0 Å². The number of carbonyl (C=O) groups is 2. The molecule has 0 aliphatic heterocycles. The molecule has 1 rings (SSSR count). The van der Waals surface area contributed by atoms with Crippen molar-refractivity contribution in [3.63, 3.8) is 0 Å². The van der Waals surface area contributed by atoms with Crippen LogP contribution in [0.25, 0.3) is 0 Å². The highest BCUT2D eigenvalue weighted by Crippen LogP contribution is 2.16. The van der Waals surface area contributed by atoms with Crippen LogP contribution in [0.5, 0.6) is 0 Å². The zero-order chi connectivity index (χ0) is 15.7. The maximum Gasteiger partial charge on any atom is 0.303 e. The van der Waals surface area contributed by atoms with Crippen LogP contribution < -0.4 is 5.32 Å². The van der Waals surface area contributed by atoms with Crippen molar-refractivity contribution in [3.8, 4) is 0 Å². The highest BCUT2D eigenvalue weighted by molar-refractivity contribution is 5.91. The second kappa shape index (κ2) is 9.21. The van der Waals surface area contributed by atoms with Crippen LogP contribution >= 0.6 is 0 Å². The molecule has 5 nitrogen and oxygen atoms in total. The Morgan fingerprint density at radius 2 is 1.86 bits per heavy atom. The lowest BCUT2D eigenvalue weighted by Gasteiger charge is -2.03. The summed E-state index contributed by atoms with van der Waals surface area (Å²) in [5.41, 5.74) is 1.09. The number of unbranched alkanes of at least 4 members (excludes halogenated alkanes) is 3. The number of carboxylic acids is 1. The van der Waals surface area contributed by atoms with Gasteiger partial charge < -0.3 is 14.8 Å². The first-order valence-electron chi connectivity index (χ1n) is 7.70. The Hall–Kier alpha value is -1.78. The van der Waals surface area contributed by atoms with Crippen LogP contribution in [0.15, 0.2) is 10.5 Å². The predicted octanol–water partition coefficient (Wildman–Crippen LogP) is 3.17. The maximum absolute atomic E-state index is 11.9. The molecule has 1 aromatic rings. The van der Waals surface area contributed by atoms with E-state index in [0.29, 0.717) is 18.7 Å². The molecule has 0 aliphatic rings. The van der Waals surface area contributed by atoms with Crippen molar-refractivity contribution in [1.29, 1.82) is 0 Å². The molecule has 21 heavy (non-hydrogen) atoms. The molecule has 0 aromatic carbocycles. The fourth-order valence-corrected chi connectivity index (χ4v) is 2.22. The number of furan rings is 1. The fraction of sp³-hybridized carbons (Fsp3) is 0.625. The van der Waals surface area contributed by atoms with Gasteiger partial charge in [0.1, 0.15) is 5.76 Å². The van der Waals surface area contributed by atoms with E-state index in [-0.39, 0.29) is 12.3 Å². The van der Waals surface area contributed by atoms with Gasteiger partial charge in [0.05, 0.1) is 0 Å². The van der Waals surface area contributed by atoms with Gasteiger partial charge in [0.2, 0.25) is 0 Å². The van der Waals surface area contributed by atoms with Gasteiger partial charge in [-0.05, 0) is 30.9 Å². The Balaban J connectivity index is 2.24. The number of carbonyl (C=O) groups excluding carboxylic acids is 1. The standard InChI is InChI=1S/C16H25NO4/c1-3-12-11-14(21-13(12)4-2)16(20)17-10-8-6-5-7-9-15(18)19/h11H,3-10H2,1-2H3,(H,17,20)(H,18,19). The van der Waals surface area contributed by atoms with Gasteiger partial charge in [-0.25, -0.2) is 0 Å². The number of hydrogen-bond acceptors (Lipinski definition) is 3. The molecule has 0 unspecified atom stereocenters. The van der Waals surface area contributed by atoms with Crippen molar-refractivity contribution in [2.45, 2.75) is 58.8 Å². The Labute approximate surface area is 125 Å². The molecule has 0 spiro atoms. The summed E-state index contributed by atoms with van der Waals surface area (Å²) in [5.74, 6) is 0.348. The van der Waals surface area contributed by atoms with E-state index in [1.165, 1.54) is 0 Å². The van der Waals surface area contributed by atoms with Crippen LogP contribution in [0, 0.1) is 0 Å². The summed E-state index contributed by atoms with van der Waals surface area (Å²) in [6.07, 6.45) is 5.23. The molecule has 1 heterocycles. The van der Waals surface area contributed by atoms with Gasteiger partial charge in [-0.2, -0.15) is 0 Å². The summed E-state index contributed by atoms with van der Waals surface area (Å²) in [7, 11) is 0. The Morgan fingerprint density at radius 3 is 2.43 bits per heavy atom. The first kappa shape index (κ1) is 17.3. The lowest BCUT2D eigenvalue weighted by molar-refractivity contribution is -0.137. The topological polar surface area (TPSA) is 79.5 Å². The van der Waals surface area contributed by atoms with Crippen LogP contribution in [-0.2, 0) is 17.6 Å². The first-order valence-corrected chi connectivity index (χ1v) is 7.70. The molecule has 1 aromatic heterocycles. The molecular weight excluding hydrogens is 270 g/mol. The molecule has 118 valence electrons. The number of carboxylic acid groups (broad SMARTS) is 1. The lowest BCUT2D eigenvalue weighted by atomic mass is 10.1. The van der Waals surface area contributed by atoms with Gasteiger partial charge in [-0.1, -0.05) is 26.7 Å². The quantitative estimate of drug-likeness (QED) is 0.650. The van der Waals surface area contributed by atoms with Crippen LogP contribution in [0.4, 0.5) is 0 Å². The van der Waals surface area contributed by atoms with Gasteiger partial charge in [0.25, 0.3) is 5.91 Å². The number of nitrogens with one attached hydrogen (secondary N) is 1. The minimum Gasteiger partial charge on any atom is -0.481 e. The van der Waals surface area contributed by atoms with Gasteiger partial charge in [0, 0.05) is 19.4 Å². The molecule has 5 heteroatoms. The van der Waals surface area contributed by atoms with Gasteiger partial charge in [0.15, 0.2) is 5.76 Å². The van der Waals surface area contributed by atoms with E-state index in [1.54, 1.807) is 0 Å². The van der Waals surface area contributed by atoms with Crippen LogP contribution in [-0.4, -0.2) is 23.5 Å². The second-order valence-electron chi connectivity index (χ2n) is 5.08. The molecule has 0 saturated carbocycles. The summed E-state index contributed by atoms with van der Waals surface area (Å²) in [4.78, 5) is 22.3.